The summed E-state index contributed by atoms with van der Waals surface area (Å²) >= 11 is 0. The van der Waals surface area contributed by atoms with Crippen molar-refractivity contribution in [3.05, 3.63) is 0 Å². The van der Waals surface area contributed by atoms with Gasteiger partial charge in [0, 0.05) is 7.11 Å². The van der Waals surface area contributed by atoms with Crippen molar-refractivity contribution in [3.8, 4) is 0 Å². The fourth-order valence-electron chi connectivity index (χ4n) is 2.78. The summed E-state index contributed by atoms with van der Waals surface area (Å²) in [7, 11) is 1.16. The fourth-order valence-corrected chi connectivity index (χ4v) is 2.78. The second-order valence-electron chi connectivity index (χ2n) is 4.52. The summed E-state index contributed by atoms with van der Waals surface area (Å²) in [6.07, 6.45) is -12.4. The van der Waals surface area contributed by atoms with E-state index >= 15 is 0 Å². The van der Waals surface area contributed by atoms with Crippen LogP contribution in [0.25, 0.3) is 0 Å². The quantitative estimate of drug-likeness (QED) is 0.646. The van der Waals surface area contributed by atoms with Crippen molar-refractivity contribution in [2.24, 2.45) is 0 Å². The van der Waals surface area contributed by atoms with Crippen LogP contribution in [0.15, 0.2) is 0 Å². The van der Waals surface area contributed by atoms with Crippen LogP contribution in [0, 0.1) is 0 Å². The molecule has 0 spiro atoms. The second kappa shape index (κ2) is 3.56. The molecule has 1 saturated carbocycles. The van der Waals surface area contributed by atoms with E-state index in [-0.39, 0.29) is 0 Å². The number of halogens is 3. The molecule has 0 aromatic rings. The van der Waals surface area contributed by atoms with E-state index in [9.17, 15) is 23.4 Å². The van der Waals surface area contributed by atoms with Gasteiger partial charge in [-0.2, -0.15) is 13.2 Å². The van der Waals surface area contributed by atoms with Gasteiger partial charge in [0.1, 0.15) is 30.5 Å². The normalized spacial score (nSPS) is 55.0. The molecular formula is C9H11F3O6. The zero-order chi connectivity index (χ0) is 13.3. The van der Waals surface area contributed by atoms with Crippen LogP contribution < -0.4 is 0 Å². The Bertz CT molecular complexity index is 363. The van der Waals surface area contributed by atoms with E-state index in [4.69, 9.17) is 18.9 Å². The molecule has 7 atom stereocenters. The summed E-state index contributed by atoms with van der Waals surface area (Å²) in [6, 6.07) is 0. The molecule has 18 heavy (non-hydrogen) atoms. The van der Waals surface area contributed by atoms with Crippen LogP contribution in [-0.2, 0) is 18.9 Å². The Kier molecular flexibility index (Phi) is 2.48. The third-order valence-electron chi connectivity index (χ3n) is 3.65. The van der Waals surface area contributed by atoms with Crippen molar-refractivity contribution in [3.63, 3.8) is 0 Å². The lowest BCUT2D eigenvalue weighted by Crippen LogP contribution is -2.83. The molecule has 3 heterocycles. The van der Waals surface area contributed by atoms with Crippen molar-refractivity contribution < 1.29 is 42.3 Å². The highest BCUT2D eigenvalue weighted by molar-refractivity contribution is 5.17. The lowest BCUT2D eigenvalue weighted by molar-refractivity contribution is -0.525. The maximum atomic E-state index is 13.1. The molecule has 0 radical (unpaired) electrons. The van der Waals surface area contributed by atoms with Gasteiger partial charge in [0.25, 0.3) is 6.48 Å². The predicted octanol–water partition coefficient (Wildman–Crippen LogP) is -0.864. The van der Waals surface area contributed by atoms with E-state index in [1.54, 1.807) is 0 Å². The summed E-state index contributed by atoms with van der Waals surface area (Å²) < 4.78 is 58.7. The van der Waals surface area contributed by atoms with Gasteiger partial charge in [-0.15, -0.1) is 0 Å². The third-order valence-corrected chi connectivity index (χ3v) is 3.65. The molecule has 2 N–H and O–H groups in total. The summed E-state index contributed by atoms with van der Waals surface area (Å²) in [6.45, 7) is -1.32. The Hall–Kier alpha value is -0.450. The molecule has 4 rings (SSSR count). The summed E-state index contributed by atoms with van der Waals surface area (Å²) in [4.78, 5) is 0. The molecule has 6 nitrogen and oxygen atoms in total. The van der Waals surface area contributed by atoms with Crippen LogP contribution in [0.5, 0.6) is 0 Å². The smallest absolute Gasteiger partial charge is 0.387 e. The van der Waals surface area contributed by atoms with E-state index < -0.39 is 48.8 Å². The second-order valence-corrected chi connectivity index (χ2v) is 4.52. The van der Waals surface area contributed by atoms with Gasteiger partial charge in [0.05, 0.1) is 0 Å². The topological polar surface area (TPSA) is 77.4 Å². The highest BCUT2D eigenvalue weighted by atomic mass is 19.4. The Morgan fingerprint density at radius 1 is 1.17 bits per heavy atom. The van der Waals surface area contributed by atoms with Gasteiger partial charge in [-0.25, -0.2) is 0 Å². The molecule has 0 aromatic carbocycles. The lowest BCUT2D eigenvalue weighted by Gasteiger charge is -2.61. The molecule has 0 aromatic heterocycles. The van der Waals surface area contributed by atoms with Gasteiger partial charge < -0.3 is 29.2 Å². The Morgan fingerprint density at radius 3 is 2.33 bits per heavy atom. The molecule has 4 aliphatic rings. The van der Waals surface area contributed by atoms with Gasteiger partial charge in [0.15, 0.2) is 0 Å². The highest BCUT2D eigenvalue weighted by Crippen LogP contribution is 2.52. The van der Waals surface area contributed by atoms with Gasteiger partial charge >= 0.3 is 6.18 Å². The standard InChI is InChI=1S/C9H11F3O6/c1-15-4-3-2(13)5-8(14,9(10,11)12)6(4)18-7(16-3)17-5/h2-7,13-14H,1H3/t2-,3-,4+,5+,6-,7?,8-/m1/s1. The molecule has 9 heteroatoms. The first-order valence-corrected chi connectivity index (χ1v) is 5.27. The van der Waals surface area contributed by atoms with Gasteiger partial charge in [-0.1, -0.05) is 0 Å². The maximum Gasteiger partial charge on any atom is 0.422 e. The van der Waals surface area contributed by atoms with Crippen LogP contribution in [0.3, 0.4) is 0 Å². The molecule has 4 bridgehead atoms. The maximum absolute atomic E-state index is 13.1. The zero-order valence-corrected chi connectivity index (χ0v) is 9.13. The minimum atomic E-state index is -5.02. The molecule has 104 valence electrons. The number of rotatable bonds is 1. The highest BCUT2D eigenvalue weighted by Gasteiger charge is 2.77. The molecular weight excluding hydrogens is 261 g/mol. The Labute approximate surface area is 99.2 Å². The number of hydrogen-bond acceptors (Lipinski definition) is 6. The van der Waals surface area contributed by atoms with Gasteiger partial charge in [-0.3, -0.25) is 0 Å². The van der Waals surface area contributed by atoms with Gasteiger partial charge in [-0.05, 0) is 0 Å². The number of aliphatic hydroxyl groups excluding tert-OH is 1. The first-order chi connectivity index (χ1) is 8.30. The van der Waals surface area contributed by atoms with Crippen molar-refractivity contribution in [1.82, 2.24) is 0 Å². The minimum Gasteiger partial charge on any atom is -0.387 e. The monoisotopic (exact) mass is 272 g/mol. The lowest BCUT2D eigenvalue weighted by atomic mass is 9.72. The first-order valence-electron chi connectivity index (χ1n) is 5.27. The van der Waals surface area contributed by atoms with Crippen LogP contribution >= 0.6 is 0 Å². The minimum absolute atomic E-state index is 1.01. The van der Waals surface area contributed by atoms with Crippen LogP contribution in [0.2, 0.25) is 0 Å². The summed E-state index contributed by atoms with van der Waals surface area (Å²) in [5.41, 5.74) is -3.32. The summed E-state index contributed by atoms with van der Waals surface area (Å²) in [5.74, 6) is 0. The van der Waals surface area contributed by atoms with Crippen LogP contribution in [0.4, 0.5) is 13.2 Å². The van der Waals surface area contributed by atoms with E-state index in [2.05, 4.69) is 0 Å². The largest absolute Gasteiger partial charge is 0.422 e. The average molecular weight is 272 g/mol. The molecule has 1 aliphatic carbocycles. The van der Waals surface area contributed by atoms with Crippen molar-refractivity contribution in [2.75, 3.05) is 7.11 Å². The van der Waals surface area contributed by atoms with Crippen LogP contribution in [-0.4, -0.2) is 66.1 Å². The average Bonchev–Trinajstić information content (AvgIpc) is 2.29. The third kappa shape index (κ3) is 1.29. The van der Waals surface area contributed by atoms with E-state index in [0.717, 1.165) is 7.11 Å². The molecule has 4 fully saturated rings. The van der Waals surface area contributed by atoms with Crippen LogP contribution in [0.1, 0.15) is 0 Å². The number of ether oxygens (including phenoxy) is 4. The fraction of sp³-hybridized carbons (Fsp3) is 1.00. The van der Waals surface area contributed by atoms with Gasteiger partial charge in [0.2, 0.25) is 5.60 Å². The van der Waals surface area contributed by atoms with Crippen molar-refractivity contribution in [1.29, 1.82) is 0 Å². The number of alkyl halides is 3. The van der Waals surface area contributed by atoms with E-state index in [1.165, 1.54) is 0 Å². The predicted molar refractivity (Wildman–Crippen MR) is 46.2 cm³/mol. The number of aliphatic hydroxyl groups is 2. The molecule has 3 saturated heterocycles. The molecule has 0 amide bonds. The number of hydrogen-bond donors (Lipinski definition) is 2. The number of methoxy groups -OCH3 is 1. The van der Waals surface area contributed by atoms with Crippen molar-refractivity contribution in [2.45, 2.75) is 48.8 Å². The van der Waals surface area contributed by atoms with Crippen molar-refractivity contribution >= 4 is 0 Å². The molecule has 3 aliphatic heterocycles. The Morgan fingerprint density at radius 2 is 1.78 bits per heavy atom. The Balaban J connectivity index is 2.06. The molecule has 1 unspecified atom stereocenters. The van der Waals surface area contributed by atoms with E-state index in [1.807, 2.05) is 0 Å². The summed E-state index contributed by atoms with van der Waals surface area (Å²) in [5, 5.41) is 19.7. The first kappa shape index (κ1) is 12.6. The van der Waals surface area contributed by atoms with E-state index in [0.29, 0.717) is 0 Å². The zero-order valence-electron chi connectivity index (χ0n) is 9.13. The SMILES string of the molecule is CO[C@H]1[C@@H]2OC3O[C@H]1[C@@](O)(C(F)(F)F)[C@@H](O3)[C@@H]2O.